The largest absolute Gasteiger partial charge is 0.539 e. The third-order valence-electron chi connectivity index (χ3n) is 3.46. The van der Waals surface area contributed by atoms with E-state index in [0.29, 0.717) is 19.1 Å². The number of hydrogen-bond donors (Lipinski definition) is 0. The Labute approximate surface area is 139 Å². The maximum Gasteiger partial charge on any atom is 0.298 e. The van der Waals surface area contributed by atoms with Gasteiger partial charge >= 0.3 is 0 Å². The van der Waals surface area contributed by atoms with Gasteiger partial charge in [0.1, 0.15) is 5.75 Å². The first-order valence-corrected chi connectivity index (χ1v) is 10.5. The van der Waals surface area contributed by atoms with Gasteiger partial charge in [-0.05, 0) is 18.2 Å². The van der Waals surface area contributed by atoms with Crippen molar-refractivity contribution in [3.63, 3.8) is 0 Å². The lowest BCUT2D eigenvalue weighted by atomic mass is 10.2. The summed E-state index contributed by atoms with van der Waals surface area (Å²) < 4.78 is 17.6. The van der Waals surface area contributed by atoms with E-state index in [1.54, 1.807) is 7.11 Å². The minimum absolute atomic E-state index is 0.571. The van der Waals surface area contributed by atoms with Crippen LogP contribution in [0.1, 0.15) is 11.1 Å². The molecular weight excluding hydrogens is 304 g/mol. The molecule has 2 rings (SSSR count). The van der Waals surface area contributed by atoms with Crippen LogP contribution in [0.5, 0.6) is 5.75 Å². The summed E-state index contributed by atoms with van der Waals surface area (Å²) in [5.41, 5.74) is 2.15. The van der Waals surface area contributed by atoms with Crippen LogP contribution in [0.4, 0.5) is 0 Å². The molecule has 0 aliphatic heterocycles. The summed E-state index contributed by atoms with van der Waals surface area (Å²) in [5.74, 6) is 0.844. The van der Waals surface area contributed by atoms with Gasteiger partial charge in [0.2, 0.25) is 0 Å². The fraction of sp³-hybridized carbons (Fsp3) is 0.263. The molecule has 0 fully saturated rings. The molecule has 0 aliphatic rings. The lowest BCUT2D eigenvalue weighted by molar-refractivity contribution is 0.140. The molecule has 0 saturated heterocycles. The van der Waals surface area contributed by atoms with Gasteiger partial charge in [-0.25, -0.2) is 0 Å². The molecule has 0 N–H and O–H groups in total. The molecule has 1 atom stereocenters. The topological polar surface area (TPSA) is 27.7 Å². The summed E-state index contributed by atoms with van der Waals surface area (Å²) >= 11 is 0. The molecule has 0 amide bonds. The SMILES string of the molecule is C=Cc1ccccc1O[Si](C)(COC)COCc1ccccc1. The first-order chi connectivity index (χ1) is 11.2. The van der Waals surface area contributed by atoms with Crippen LogP contribution in [0.2, 0.25) is 6.55 Å². The van der Waals surface area contributed by atoms with Crippen molar-refractivity contribution in [3.05, 3.63) is 72.3 Å². The molecule has 2 aromatic carbocycles. The van der Waals surface area contributed by atoms with E-state index in [1.807, 2.05) is 48.5 Å². The van der Waals surface area contributed by atoms with E-state index in [9.17, 15) is 0 Å². The van der Waals surface area contributed by atoms with Crippen LogP contribution in [0, 0.1) is 0 Å². The molecule has 0 bridgehead atoms. The van der Waals surface area contributed by atoms with Gasteiger partial charge in [0.05, 0.1) is 19.1 Å². The Balaban J connectivity index is 2.01. The molecule has 4 heteroatoms. The van der Waals surface area contributed by atoms with E-state index >= 15 is 0 Å². The van der Waals surface area contributed by atoms with Crippen LogP contribution in [-0.4, -0.2) is 27.9 Å². The van der Waals surface area contributed by atoms with Gasteiger partial charge in [-0.3, -0.25) is 0 Å². The molecule has 0 radical (unpaired) electrons. The summed E-state index contributed by atoms with van der Waals surface area (Å²) in [6, 6.07) is 18.1. The highest BCUT2D eigenvalue weighted by atomic mass is 28.4. The maximum atomic E-state index is 6.32. The van der Waals surface area contributed by atoms with Crippen molar-refractivity contribution in [1.82, 2.24) is 0 Å². The van der Waals surface area contributed by atoms with E-state index < -0.39 is 8.32 Å². The molecule has 2 aromatic rings. The highest BCUT2D eigenvalue weighted by Gasteiger charge is 2.32. The zero-order chi connectivity index (χ0) is 16.5. The fourth-order valence-corrected chi connectivity index (χ4v) is 4.44. The zero-order valence-corrected chi connectivity index (χ0v) is 14.8. The van der Waals surface area contributed by atoms with Gasteiger partial charge < -0.3 is 13.9 Å². The minimum Gasteiger partial charge on any atom is -0.539 e. The molecule has 0 saturated carbocycles. The monoisotopic (exact) mass is 328 g/mol. The van der Waals surface area contributed by atoms with Crippen molar-refractivity contribution >= 4 is 14.4 Å². The van der Waals surface area contributed by atoms with Crippen LogP contribution in [0.15, 0.2) is 61.2 Å². The molecule has 0 aliphatic carbocycles. The van der Waals surface area contributed by atoms with Crippen molar-refractivity contribution in [2.24, 2.45) is 0 Å². The molecule has 122 valence electrons. The highest BCUT2D eigenvalue weighted by molar-refractivity contribution is 6.73. The molecule has 0 spiro atoms. The van der Waals surface area contributed by atoms with Gasteiger partial charge in [0.15, 0.2) is 0 Å². The van der Waals surface area contributed by atoms with E-state index in [4.69, 9.17) is 13.9 Å². The Kier molecular flexibility index (Phi) is 6.59. The van der Waals surface area contributed by atoms with E-state index in [-0.39, 0.29) is 0 Å². The molecule has 1 unspecified atom stereocenters. The van der Waals surface area contributed by atoms with Crippen LogP contribution in [0.25, 0.3) is 6.08 Å². The fourth-order valence-electron chi connectivity index (χ4n) is 2.37. The second-order valence-electron chi connectivity index (χ2n) is 5.71. The average Bonchev–Trinajstić information content (AvgIpc) is 2.56. The van der Waals surface area contributed by atoms with Crippen LogP contribution >= 0.6 is 0 Å². The maximum absolute atomic E-state index is 6.32. The van der Waals surface area contributed by atoms with Gasteiger partial charge in [-0.2, -0.15) is 0 Å². The second kappa shape index (κ2) is 8.67. The van der Waals surface area contributed by atoms with Crippen LogP contribution in [-0.2, 0) is 16.1 Å². The Morgan fingerprint density at radius 2 is 1.70 bits per heavy atom. The molecule has 3 nitrogen and oxygen atoms in total. The summed E-state index contributed by atoms with van der Waals surface area (Å²) in [7, 11) is -0.484. The van der Waals surface area contributed by atoms with Crippen molar-refractivity contribution in [1.29, 1.82) is 0 Å². The van der Waals surface area contributed by atoms with E-state index in [0.717, 1.165) is 16.9 Å². The van der Waals surface area contributed by atoms with E-state index in [2.05, 4.69) is 25.3 Å². The zero-order valence-electron chi connectivity index (χ0n) is 13.8. The Morgan fingerprint density at radius 1 is 1.00 bits per heavy atom. The van der Waals surface area contributed by atoms with Crippen molar-refractivity contribution in [3.8, 4) is 5.75 Å². The second-order valence-corrected chi connectivity index (χ2v) is 9.39. The third kappa shape index (κ3) is 5.35. The predicted octanol–water partition coefficient (Wildman–Crippen LogP) is 4.23. The minimum atomic E-state index is -2.18. The quantitative estimate of drug-likeness (QED) is 0.645. The van der Waals surface area contributed by atoms with Crippen LogP contribution < -0.4 is 4.43 Å². The molecule has 23 heavy (non-hydrogen) atoms. The lowest BCUT2D eigenvalue weighted by Gasteiger charge is -2.28. The lowest BCUT2D eigenvalue weighted by Crippen LogP contribution is -2.49. The summed E-state index contributed by atoms with van der Waals surface area (Å²) in [6.45, 7) is 6.55. The summed E-state index contributed by atoms with van der Waals surface area (Å²) in [4.78, 5) is 0. The molecule has 0 aromatic heterocycles. The van der Waals surface area contributed by atoms with E-state index in [1.165, 1.54) is 0 Å². The standard InChI is InChI=1S/C19H24O3Si/c1-4-18-12-8-9-13-19(18)22-23(3,15-20-2)16-21-14-17-10-6-5-7-11-17/h4-13H,1,14-16H2,2-3H3. The van der Waals surface area contributed by atoms with Crippen molar-refractivity contribution < 1.29 is 13.9 Å². The number of benzene rings is 2. The normalized spacial score (nSPS) is 13.3. The van der Waals surface area contributed by atoms with Crippen molar-refractivity contribution in [2.45, 2.75) is 13.2 Å². The summed E-state index contributed by atoms with van der Waals surface area (Å²) in [6.07, 6.45) is 2.95. The number of rotatable bonds is 9. The smallest absolute Gasteiger partial charge is 0.298 e. The van der Waals surface area contributed by atoms with Gasteiger partial charge in [-0.1, -0.05) is 61.2 Å². The van der Waals surface area contributed by atoms with Gasteiger partial charge in [0.25, 0.3) is 8.32 Å². The number of methoxy groups -OCH3 is 1. The number of ether oxygens (including phenoxy) is 2. The average molecular weight is 328 g/mol. The number of hydrogen-bond acceptors (Lipinski definition) is 3. The Morgan fingerprint density at radius 3 is 2.39 bits per heavy atom. The Bertz CT molecular complexity index is 615. The first-order valence-electron chi connectivity index (χ1n) is 7.68. The first kappa shape index (κ1) is 17.5. The van der Waals surface area contributed by atoms with Crippen LogP contribution in [0.3, 0.4) is 0 Å². The Hall–Kier alpha value is -1.88. The molecule has 0 heterocycles. The predicted molar refractivity (Wildman–Crippen MR) is 96.8 cm³/mol. The number of para-hydroxylation sites is 1. The van der Waals surface area contributed by atoms with Crippen molar-refractivity contribution in [2.75, 3.05) is 19.6 Å². The third-order valence-corrected chi connectivity index (χ3v) is 5.89. The van der Waals surface area contributed by atoms with Gasteiger partial charge in [-0.15, -0.1) is 0 Å². The summed E-state index contributed by atoms with van der Waals surface area (Å²) in [5, 5.41) is 0. The molecular formula is C19H24O3Si. The highest BCUT2D eigenvalue weighted by Crippen LogP contribution is 2.23. The van der Waals surface area contributed by atoms with Gasteiger partial charge in [0, 0.05) is 12.7 Å².